The lowest BCUT2D eigenvalue weighted by Crippen LogP contribution is -2.57. The molecule has 25 heavy (non-hydrogen) atoms. The van der Waals surface area contributed by atoms with Crippen LogP contribution in [0.5, 0.6) is 0 Å². The van der Waals surface area contributed by atoms with Crippen molar-refractivity contribution in [3.05, 3.63) is 12.2 Å². The Hall–Kier alpha value is -0.259. The van der Waals surface area contributed by atoms with Crippen molar-refractivity contribution in [3.8, 4) is 0 Å². The van der Waals surface area contributed by atoms with Crippen LogP contribution in [-0.2, 0) is 17.8 Å². The van der Waals surface area contributed by atoms with E-state index in [4.69, 9.17) is 13.0 Å². The van der Waals surface area contributed by atoms with Crippen molar-refractivity contribution in [1.29, 1.82) is 0 Å². The number of carbonyl (C=O) groups excluding carboxylic acids is 1. The zero-order valence-electron chi connectivity index (χ0n) is 17.1. The molecule has 1 fully saturated rings. The molecule has 0 radical (unpaired) electrons. The van der Waals surface area contributed by atoms with Crippen molar-refractivity contribution in [3.63, 3.8) is 0 Å². The lowest BCUT2D eigenvalue weighted by molar-refractivity contribution is -0.152. The first-order valence-electron chi connectivity index (χ1n) is 9.08. The number of hydrogen-bond donors (Lipinski definition) is 1. The number of hydrogen-bond acceptors (Lipinski definition) is 5. The molecule has 0 saturated heterocycles. The lowest BCUT2D eigenvalue weighted by atomic mass is 9.94. The first-order chi connectivity index (χ1) is 11.1. The van der Waals surface area contributed by atoms with Crippen LogP contribution in [0.4, 0.5) is 0 Å². The minimum Gasteiger partial charge on any atom is -0.456 e. The molecule has 1 N–H and O–H groups in total. The summed E-state index contributed by atoms with van der Waals surface area (Å²) in [6.07, 6.45) is 0.911. The van der Waals surface area contributed by atoms with Crippen LogP contribution in [-0.4, -0.2) is 48.5 Å². The van der Waals surface area contributed by atoms with Gasteiger partial charge < -0.3 is 18.1 Å². The van der Waals surface area contributed by atoms with E-state index in [1.54, 1.807) is 6.92 Å². The largest absolute Gasteiger partial charge is 0.456 e. The molecule has 0 bridgehead atoms. The Morgan fingerprint density at radius 2 is 1.48 bits per heavy atom. The van der Waals surface area contributed by atoms with Crippen molar-refractivity contribution in [2.45, 2.75) is 89.8 Å². The van der Waals surface area contributed by atoms with Gasteiger partial charge in [0.15, 0.2) is 16.6 Å². The van der Waals surface area contributed by atoms with Gasteiger partial charge in [0.25, 0.3) is 0 Å². The second-order valence-electron chi connectivity index (χ2n) is 9.25. The van der Waals surface area contributed by atoms with Crippen molar-refractivity contribution >= 4 is 31.2 Å². The molecule has 146 valence electrons. The van der Waals surface area contributed by atoms with Crippen LogP contribution in [0.25, 0.3) is 0 Å². The fraction of sp³-hybridized carbons (Fsp3) is 0.824. The van der Waals surface area contributed by atoms with Gasteiger partial charge in [0, 0.05) is 11.1 Å². The van der Waals surface area contributed by atoms with E-state index in [1.807, 2.05) is 0 Å². The molecule has 1 rings (SSSR count). The van der Waals surface area contributed by atoms with Crippen molar-refractivity contribution in [2.75, 3.05) is 0 Å². The van der Waals surface area contributed by atoms with Crippen LogP contribution in [0, 0.1) is 0 Å². The normalized spacial score (nSPS) is 25.6. The summed E-state index contributed by atoms with van der Waals surface area (Å²) in [7, 11) is -6.00. The topological polar surface area (TPSA) is 65.0 Å². The van der Waals surface area contributed by atoms with E-state index in [1.165, 1.54) is 0 Å². The summed E-state index contributed by atoms with van der Waals surface area (Å²) in [6.45, 7) is 20.5. The molecule has 0 aromatic carbocycles. The third-order valence-electron chi connectivity index (χ3n) is 4.12. The first kappa shape index (κ1) is 22.8. The third kappa shape index (κ3) is 7.48. The molecule has 0 spiro atoms. The highest BCUT2D eigenvalue weighted by Crippen LogP contribution is 2.42. The highest BCUT2D eigenvalue weighted by molar-refractivity contribution is 6.88. The van der Waals surface area contributed by atoms with E-state index in [-0.39, 0.29) is 5.54 Å². The van der Waals surface area contributed by atoms with E-state index in [0.717, 1.165) is 6.42 Å². The van der Waals surface area contributed by atoms with E-state index in [9.17, 15) is 9.90 Å². The molecule has 0 amide bonds. The maximum atomic E-state index is 11.7. The molecule has 0 aromatic rings. The number of ether oxygens (including phenoxy) is 1. The van der Waals surface area contributed by atoms with Gasteiger partial charge in [0.1, 0.15) is 6.10 Å². The van der Waals surface area contributed by atoms with Crippen LogP contribution in [0.15, 0.2) is 12.2 Å². The Balaban J connectivity index is 2.89. The summed E-state index contributed by atoms with van der Waals surface area (Å²) in [4.78, 5) is 11.7. The van der Waals surface area contributed by atoms with Gasteiger partial charge >= 0.3 is 14.5 Å². The number of aliphatic hydroxyl groups is 1. The van der Waals surface area contributed by atoms with Gasteiger partial charge in [-0.3, -0.25) is 0 Å². The highest BCUT2D eigenvalue weighted by Gasteiger charge is 2.49. The third-order valence-corrected chi connectivity index (χ3v) is 14.3. The van der Waals surface area contributed by atoms with Crippen LogP contribution in [0.3, 0.4) is 0 Å². The summed E-state index contributed by atoms with van der Waals surface area (Å²) < 4.78 is 18.6. The van der Waals surface area contributed by atoms with Gasteiger partial charge in [-0.1, -0.05) is 6.58 Å². The maximum Gasteiger partial charge on any atom is 0.333 e. The Bertz CT molecular complexity index is 479. The van der Waals surface area contributed by atoms with Crippen molar-refractivity contribution < 1.29 is 22.9 Å². The number of rotatable bonds is 7. The van der Waals surface area contributed by atoms with Gasteiger partial charge in [-0.2, -0.15) is 0 Å². The van der Waals surface area contributed by atoms with Crippen LogP contribution >= 0.6 is 0 Å². The molecule has 1 saturated carbocycles. The predicted octanol–water partition coefficient (Wildman–Crippen LogP) is 4.16. The van der Waals surface area contributed by atoms with Crippen LogP contribution < -0.4 is 0 Å². The standard InChI is InChI=1S/C17H36O5Si3/c1-13(2)17(19)20-16-11-10-14(12-15(16)18)25(9,21-23(3,4)5)22-24(6,7)8/h14-16,18H,1,10-12H2,2-9H3. The van der Waals surface area contributed by atoms with E-state index in [0.29, 0.717) is 18.4 Å². The molecule has 1 aliphatic rings. The average molecular weight is 405 g/mol. The van der Waals surface area contributed by atoms with Crippen molar-refractivity contribution in [2.24, 2.45) is 0 Å². The number of esters is 1. The Kier molecular flexibility index (Phi) is 7.45. The Morgan fingerprint density at radius 3 is 1.84 bits per heavy atom. The molecule has 3 unspecified atom stereocenters. The summed E-state index contributed by atoms with van der Waals surface area (Å²) in [5.41, 5.74) is 0.568. The molecule has 8 heteroatoms. The number of aliphatic hydroxyl groups excluding tert-OH is 1. The van der Waals surface area contributed by atoms with Crippen LogP contribution in [0.1, 0.15) is 26.2 Å². The smallest absolute Gasteiger partial charge is 0.333 e. The molecule has 0 aromatic heterocycles. The average Bonchev–Trinajstić information content (AvgIpc) is 2.36. The van der Waals surface area contributed by atoms with E-state index in [2.05, 4.69) is 52.4 Å². The molecule has 3 atom stereocenters. The van der Waals surface area contributed by atoms with Gasteiger partial charge in [0.2, 0.25) is 0 Å². The minimum atomic E-state index is -2.45. The van der Waals surface area contributed by atoms with E-state index >= 15 is 0 Å². The van der Waals surface area contributed by atoms with Gasteiger partial charge in [-0.15, -0.1) is 0 Å². The van der Waals surface area contributed by atoms with Gasteiger partial charge in [0.05, 0.1) is 6.10 Å². The number of carbonyl (C=O) groups is 1. The van der Waals surface area contributed by atoms with Gasteiger partial charge in [-0.05, 0) is 72.0 Å². The highest BCUT2D eigenvalue weighted by atomic mass is 28.5. The zero-order chi connectivity index (χ0) is 19.6. The van der Waals surface area contributed by atoms with Gasteiger partial charge in [-0.25, -0.2) is 4.79 Å². The molecule has 0 heterocycles. The second-order valence-corrected chi connectivity index (χ2v) is 22.2. The summed E-state index contributed by atoms with van der Waals surface area (Å²) in [6, 6.07) is 0. The second kappa shape index (κ2) is 8.18. The fourth-order valence-electron chi connectivity index (χ4n) is 3.37. The minimum absolute atomic E-state index is 0.209. The molecule has 0 aliphatic heterocycles. The molecular weight excluding hydrogens is 368 g/mol. The predicted molar refractivity (Wildman–Crippen MR) is 109 cm³/mol. The molecular formula is C17H36O5Si3. The zero-order valence-corrected chi connectivity index (χ0v) is 20.1. The lowest BCUT2D eigenvalue weighted by Gasteiger charge is -2.46. The maximum absolute atomic E-state index is 11.7. The monoisotopic (exact) mass is 404 g/mol. The quantitative estimate of drug-likeness (QED) is 0.392. The van der Waals surface area contributed by atoms with E-state index < -0.39 is 43.4 Å². The Labute approximate surface area is 156 Å². The summed E-state index contributed by atoms with van der Waals surface area (Å²) >= 11 is 0. The summed E-state index contributed by atoms with van der Waals surface area (Å²) in [5.74, 6) is -0.431. The Morgan fingerprint density at radius 1 is 1.00 bits per heavy atom. The SMILES string of the molecule is C=C(C)C(=O)OC1CCC([Si](C)(O[Si](C)(C)C)O[Si](C)(C)C)CC1O. The van der Waals surface area contributed by atoms with Crippen molar-refractivity contribution in [1.82, 2.24) is 0 Å². The fourth-order valence-corrected chi connectivity index (χ4v) is 16.3. The first-order valence-corrected chi connectivity index (χ1v) is 18.3. The summed E-state index contributed by atoms with van der Waals surface area (Å²) in [5, 5.41) is 10.6. The van der Waals surface area contributed by atoms with Crippen LogP contribution in [0.2, 0.25) is 51.4 Å². The molecule has 5 nitrogen and oxygen atoms in total. The molecule has 1 aliphatic carbocycles.